The second kappa shape index (κ2) is 6.17. The molecule has 0 aliphatic carbocycles. The Bertz CT molecular complexity index is 465. The largest absolute Gasteiger partial charge is 0.314 e. The Balaban J connectivity index is 1.44. The first-order valence-electron chi connectivity index (χ1n) is 7.10. The number of amides is 1. The Morgan fingerprint density at radius 3 is 2.95 bits per heavy atom. The predicted molar refractivity (Wildman–Crippen MR) is 79.9 cm³/mol. The number of thiazole rings is 1. The summed E-state index contributed by atoms with van der Waals surface area (Å²) in [5.41, 5.74) is 1.05. The van der Waals surface area contributed by atoms with Gasteiger partial charge in [-0.25, -0.2) is 4.98 Å². The van der Waals surface area contributed by atoms with E-state index in [0.717, 1.165) is 38.4 Å². The van der Waals surface area contributed by atoms with Crippen molar-refractivity contribution in [1.82, 2.24) is 20.1 Å². The SMILES string of the molecule is CC(=O)Nc1nc(CN2CC(N3CCNCC3)C2)cs1. The average Bonchev–Trinajstić information content (AvgIpc) is 2.81. The van der Waals surface area contributed by atoms with E-state index in [9.17, 15) is 4.79 Å². The van der Waals surface area contributed by atoms with Gasteiger partial charge in [0.15, 0.2) is 5.13 Å². The van der Waals surface area contributed by atoms with Crippen molar-refractivity contribution in [3.8, 4) is 0 Å². The quantitative estimate of drug-likeness (QED) is 0.830. The number of anilines is 1. The molecule has 0 aromatic carbocycles. The Morgan fingerprint density at radius 1 is 1.50 bits per heavy atom. The normalized spacial score (nSPS) is 21.6. The third-order valence-corrected chi connectivity index (χ3v) is 4.63. The van der Waals surface area contributed by atoms with E-state index in [1.807, 2.05) is 5.38 Å². The molecule has 2 saturated heterocycles. The number of piperazine rings is 1. The van der Waals surface area contributed by atoms with Gasteiger partial charge in [0.1, 0.15) is 0 Å². The predicted octanol–water partition coefficient (Wildman–Crippen LogP) is 0.191. The monoisotopic (exact) mass is 295 g/mol. The lowest BCUT2D eigenvalue weighted by atomic mass is 10.1. The second-order valence-electron chi connectivity index (χ2n) is 5.46. The topological polar surface area (TPSA) is 60.5 Å². The molecule has 2 N–H and O–H groups in total. The summed E-state index contributed by atoms with van der Waals surface area (Å²) >= 11 is 1.49. The van der Waals surface area contributed by atoms with Gasteiger partial charge in [0.05, 0.1) is 5.69 Å². The van der Waals surface area contributed by atoms with Gasteiger partial charge in [-0.3, -0.25) is 14.6 Å². The molecule has 1 amide bonds. The first-order chi connectivity index (χ1) is 9.70. The van der Waals surface area contributed by atoms with Crippen LogP contribution in [0.3, 0.4) is 0 Å². The molecule has 1 aromatic heterocycles. The highest BCUT2D eigenvalue weighted by molar-refractivity contribution is 7.13. The van der Waals surface area contributed by atoms with Crippen LogP contribution in [-0.4, -0.2) is 66.0 Å². The zero-order valence-electron chi connectivity index (χ0n) is 11.8. The van der Waals surface area contributed by atoms with E-state index in [-0.39, 0.29) is 5.91 Å². The van der Waals surface area contributed by atoms with Gasteiger partial charge in [-0.1, -0.05) is 0 Å². The molecule has 0 unspecified atom stereocenters. The summed E-state index contributed by atoms with van der Waals surface area (Å²) in [7, 11) is 0. The van der Waals surface area contributed by atoms with Crippen LogP contribution < -0.4 is 10.6 Å². The van der Waals surface area contributed by atoms with E-state index >= 15 is 0 Å². The van der Waals surface area contributed by atoms with Gasteiger partial charge in [0.25, 0.3) is 0 Å². The van der Waals surface area contributed by atoms with Gasteiger partial charge in [0, 0.05) is 64.2 Å². The zero-order chi connectivity index (χ0) is 13.9. The van der Waals surface area contributed by atoms with Crippen LogP contribution in [0.4, 0.5) is 5.13 Å². The fraction of sp³-hybridized carbons (Fsp3) is 0.692. The second-order valence-corrected chi connectivity index (χ2v) is 6.32. The Morgan fingerprint density at radius 2 is 2.25 bits per heavy atom. The first-order valence-corrected chi connectivity index (χ1v) is 7.98. The van der Waals surface area contributed by atoms with Crippen molar-refractivity contribution in [2.75, 3.05) is 44.6 Å². The van der Waals surface area contributed by atoms with Crippen molar-refractivity contribution in [3.05, 3.63) is 11.1 Å². The molecular formula is C13H21N5OS. The van der Waals surface area contributed by atoms with Crippen LogP contribution in [0.5, 0.6) is 0 Å². The number of rotatable bonds is 4. The highest BCUT2D eigenvalue weighted by atomic mass is 32.1. The van der Waals surface area contributed by atoms with Gasteiger partial charge < -0.3 is 10.6 Å². The van der Waals surface area contributed by atoms with Crippen molar-refractivity contribution in [2.45, 2.75) is 19.5 Å². The number of hydrogen-bond acceptors (Lipinski definition) is 6. The van der Waals surface area contributed by atoms with Crippen LogP contribution in [0, 0.1) is 0 Å². The standard InChI is InChI=1S/C13H21N5OS/c1-10(19)15-13-16-11(9-20-13)6-17-7-12(8-17)18-4-2-14-3-5-18/h9,12,14H,2-8H2,1H3,(H,15,16,19). The van der Waals surface area contributed by atoms with Crippen LogP contribution in [0.2, 0.25) is 0 Å². The minimum Gasteiger partial charge on any atom is -0.314 e. The Labute approximate surface area is 123 Å². The van der Waals surface area contributed by atoms with Crippen LogP contribution in [-0.2, 0) is 11.3 Å². The highest BCUT2D eigenvalue weighted by Gasteiger charge is 2.32. The molecule has 7 heteroatoms. The van der Waals surface area contributed by atoms with Crippen LogP contribution in [0.1, 0.15) is 12.6 Å². The van der Waals surface area contributed by atoms with E-state index in [1.165, 1.54) is 31.4 Å². The molecule has 0 bridgehead atoms. The van der Waals surface area contributed by atoms with Gasteiger partial charge in [0.2, 0.25) is 5.91 Å². The van der Waals surface area contributed by atoms with Crippen LogP contribution in [0.15, 0.2) is 5.38 Å². The summed E-state index contributed by atoms with van der Waals surface area (Å²) < 4.78 is 0. The summed E-state index contributed by atoms with van der Waals surface area (Å²) in [6.07, 6.45) is 0. The molecule has 2 fully saturated rings. The van der Waals surface area contributed by atoms with Crippen LogP contribution >= 0.6 is 11.3 Å². The lowest BCUT2D eigenvalue weighted by Gasteiger charge is -2.46. The summed E-state index contributed by atoms with van der Waals surface area (Å²) in [5.74, 6) is -0.0615. The molecule has 0 radical (unpaired) electrons. The van der Waals surface area contributed by atoms with E-state index in [2.05, 4.69) is 25.4 Å². The molecule has 3 heterocycles. The Kier molecular flexibility index (Phi) is 4.30. The minimum absolute atomic E-state index is 0.0615. The summed E-state index contributed by atoms with van der Waals surface area (Å²) in [4.78, 5) is 20.4. The number of nitrogens with one attached hydrogen (secondary N) is 2. The smallest absolute Gasteiger partial charge is 0.223 e. The number of hydrogen-bond donors (Lipinski definition) is 2. The summed E-state index contributed by atoms with van der Waals surface area (Å²) in [5, 5.41) is 8.85. The minimum atomic E-state index is -0.0615. The molecular weight excluding hydrogens is 274 g/mol. The zero-order valence-corrected chi connectivity index (χ0v) is 12.6. The summed E-state index contributed by atoms with van der Waals surface area (Å²) in [6.45, 7) is 9.22. The third kappa shape index (κ3) is 3.35. The lowest BCUT2D eigenvalue weighted by Crippen LogP contribution is -2.62. The number of carbonyl (C=O) groups excluding carboxylic acids is 1. The van der Waals surface area contributed by atoms with E-state index < -0.39 is 0 Å². The maximum absolute atomic E-state index is 11.0. The van der Waals surface area contributed by atoms with Gasteiger partial charge in [-0.15, -0.1) is 11.3 Å². The van der Waals surface area contributed by atoms with Crippen molar-refractivity contribution in [1.29, 1.82) is 0 Å². The highest BCUT2D eigenvalue weighted by Crippen LogP contribution is 2.21. The van der Waals surface area contributed by atoms with Crippen molar-refractivity contribution in [3.63, 3.8) is 0 Å². The number of carbonyl (C=O) groups is 1. The maximum atomic E-state index is 11.0. The first kappa shape index (κ1) is 13.9. The van der Waals surface area contributed by atoms with Gasteiger partial charge in [-0.05, 0) is 0 Å². The number of nitrogens with zero attached hydrogens (tertiary/aromatic N) is 3. The van der Waals surface area contributed by atoms with Crippen molar-refractivity contribution >= 4 is 22.4 Å². The van der Waals surface area contributed by atoms with Crippen molar-refractivity contribution in [2.24, 2.45) is 0 Å². The number of aromatic nitrogens is 1. The van der Waals surface area contributed by atoms with Gasteiger partial charge >= 0.3 is 0 Å². The molecule has 2 aliphatic heterocycles. The summed E-state index contributed by atoms with van der Waals surface area (Å²) in [6, 6.07) is 0.713. The van der Waals surface area contributed by atoms with E-state index in [4.69, 9.17) is 0 Å². The molecule has 110 valence electrons. The van der Waals surface area contributed by atoms with E-state index in [0.29, 0.717) is 11.2 Å². The molecule has 0 spiro atoms. The molecule has 6 nitrogen and oxygen atoms in total. The molecule has 2 aliphatic rings. The molecule has 20 heavy (non-hydrogen) atoms. The maximum Gasteiger partial charge on any atom is 0.223 e. The van der Waals surface area contributed by atoms with Crippen molar-refractivity contribution < 1.29 is 4.79 Å². The molecule has 1 aromatic rings. The molecule has 0 atom stereocenters. The van der Waals surface area contributed by atoms with Crippen LogP contribution in [0.25, 0.3) is 0 Å². The molecule has 0 saturated carbocycles. The van der Waals surface area contributed by atoms with E-state index in [1.54, 1.807) is 0 Å². The Hall–Kier alpha value is -1.02. The lowest BCUT2D eigenvalue weighted by molar-refractivity contribution is -0.114. The average molecular weight is 295 g/mol. The fourth-order valence-corrected chi connectivity index (χ4v) is 3.51. The van der Waals surface area contributed by atoms with Gasteiger partial charge in [-0.2, -0.15) is 0 Å². The number of likely N-dealkylation sites (tertiary alicyclic amines) is 1. The molecule has 3 rings (SSSR count). The third-order valence-electron chi connectivity index (χ3n) is 3.83. The fourth-order valence-electron chi connectivity index (χ4n) is 2.77.